The summed E-state index contributed by atoms with van der Waals surface area (Å²) in [6, 6.07) is 4.89. The minimum Gasteiger partial charge on any atom is -0.480 e. The molecule has 2 rings (SSSR count). The largest absolute Gasteiger partial charge is 0.480 e. The van der Waals surface area contributed by atoms with Crippen molar-refractivity contribution >= 4 is 29.6 Å². The molecule has 7 N–H and O–H groups in total. The van der Waals surface area contributed by atoms with Gasteiger partial charge in [0.05, 0.1) is 6.04 Å². The Balaban J connectivity index is 2.25. The summed E-state index contributed by atoms with van der Waals surface area (Å²) in [5.74, 6) is -3.57. The van der Waals surface area contributed by atoms with E-state index in [1.54, 1.807) is 24.3 Å². The molecule has 0 bridgehead atoms. The van der Waals surface area contributed by atoms with Gasteiger partial charge in [0.15, 0.2) is 0 Å². The van der Waals surface area contributed by atoms with E-state index in [9.17, 15) is 29.1 Å². The first kappa shape index (κ1) is 25.8. The number of primary amides is 1. The number of likely N-dealkylation sites (tertiary alicyclic amines) is 1. The van der Waals surface area contributed by atoms with Crippen molar-refractivity contribution in [1.82, 2.24) is 15.5 Å². The molecule has 4 unspecified atom stereocenters. The number of amides is 4. The van der Waals surface area contributed by atoms with Crippen LogP contribution in [-0.2, 0) is 30.4 Å². The third kappa shape index (κ3) is 7.56. The van der Waals surface area contributed by atoms with Gasteiger partial charge in [-0.3, -0.25) is 19.2 Å². The highest BCUT2D eigenvalue weighted by Crippen LogP contribution is 2.20. The van der Waals surface area contributed by atoms with Gasteiger partial charge in [0.25, 0.3) is 0 Å². The van der Waals surface area contributed by atoms with Gasteiger partial charge >= 0.3 is 5.97 Å². The number of hydrogen-bond acceptors (Lipinski definition) is 6. The molecule has 1 aliphatic rings. The molecule has 4 amide bonds. The van der Waals surface area contributed by atoms with Gasteiger partial charge in [0, 0.05) is 19.4 Å². The highest BCUT2D eigenvalue weighted by atomic mass is 16.4. The SMILES string of the molecule is CC(N)C(=O)NC(CCC(N)=O)C(=O)NC(Cc1ccccc1)C(=O)N1CCCC1C(=O)O. The van der Waals surface area contributed by atoms with Crippen LogP contribution in [-0.4, -0.2) is 70.3 Å². The molecule has 1 aliphatic heterocycles. The van der Waals surface area contributed by atoms with Crippen molar-refractivity contribution in [2.45, 2.75) is 63.2 Å². The zero-order chi connectivity index (χ0) is 24.5. The Labute approximate surface area is 191 Å². The number of carbonyl (C=O) groups is 5. The van der Waals surface area contributed by atoms with E-state index >= 15 is 0 Å². The molecule has 1 aromatic rings. The first-order valence-corrected chi connectivity index (χ1v) is 10.8. The fraction of sp³-hybridized carbons (Fsp3) is 0.500. The maximum Gasteiger partial charge on any atom is 0.326 e. The molecule has 0 radical (unpaired) electrons. The second-order valence-corrected chi connectivity index (χ2v) is 8.13. The molecule has 1 saturated heterocycles. The molecule has 11 heteroatoms. The minimum absolute atomic E-state index is 0.0761. The van der Waals surface area contributed by atoms with Crippen LogP contribution in [0.2, 0.25) is 0 Å². The molecule has 0 aromatic heterocycles. The quantitative estimate of drug-likeness (QED) is 0.276. The number of nitrogens with zero attached hydrogens (tertiary/aromatic N) is 1. The molecule has 1 heterocycles. The summed E-state index contributed by atoms with van der Waals surface area (Å²) in [6.07, 6.45) is 0.756. The lowest BCUT2D eigenvalue weighted by Gasteiger charge is -2.29. The summed E-state index contributed by atoms with van der Waals surface area (Å²) in [4.78, 5) is 62.5. The van der Waals surface area contributed by atoms with Crippen molar-refractivity contribution in [3.05, 3.63) is 35.9 Å². The summed E-state index contributed by atoms with van der Waals surface area (Å²) in [7, 11) is 0. The lowest BCUT2D eigenvalue weighted by Crippen LogP contribution is -2.57. The zero-order valence-electron chi connectivity index (χ0n) is 18.5. The lowest BCUT2D eigenvalue weighted by atomic mass is 10.0. The normalized spacial score (nSPS) is 18.1. The van der Waals surface area contributed by atoms with Crippen LogP contribution in [0.15, 0.2) is 30.3 Å². The summed E-state index contributed by atoms with van der Waals surface area (Å²) in [6.45, 7) is 1.71. The Bertz CT molecular complexity index is 875. The fourth-order valence-corrected chi connectivity index (χ4v) is 3.67. The molecule has 4 atom stereocenters. The van der Waals surface area contributed by atoms with Crippen LogP contribution in [0.4, 0.5) is 0 Å². The van der Waals surface area contributed by atoms with E-state index in [1.807, 2.05) is 6.07 Å². The van der Waals surface area contributed by atoms with Crippen LogP contribution in [0.5, 0.6) is 0 Å². The predicted octanol–water partition coefficient (Wildman–Crippen LogP) is -1.11. The van der Waals surface area contributed by atoms with Gasteiger partial charge in [-0.05, 0) is 31.7 Å². The number of aliphatic carboxylic acids is 1. The predicted molar refractivity (Wildman–Crippen MR) is 118 cm³/mol. The van der Waals surface area contributed by atoms with Crippen LogP contribution in [0.1, 0.15) is 38.2 Å². The minimum atomic E-state index is -1.14. The summed E-state index contributed by atoms with van der Waals surface area (Å²) >= 11 is 0. The first-order chi connectivity index (χ1) is 15.6. The number of carboxylic acids is 1. The fourth-order valence-electron chi connectivity index (χ4n) is 3.67. The second kappa shape index (κ2) is 12.0. The standard InChI is InChI=1S/C22H31N5O6/c1-13(23)19(29)25-15(9-10-18(24)28)20(30)26-16(12-14-6-3-2-4-7-14)21(31)27-11-5-8-17(27)22(32)33/h2-4,6-7,13,15-17H,5,8-12,23H2,1H3,(H2,24,28)(H,25,29)(H,26,30)(H,32,33). The second-order valence-electron chi connectivity index (χ2n) is 8.13. The van der Waals surface area contributed by atoms with E-state index in [4.69, 9.17) is 11.5 Å². The summed E-state index contributed by atoms with van der Waals surface area (Å²) < 4.78 is 0. The maximum absolute atomic E-state index is 13.3. The summed E-state index contributed by atoms with van der Waals surface area (Å²) in [5, 5.41) is 14.6. The highest BCUT2D eigenvalue weighted by molar-refractivity contribution is 5.94. The van der Waals surface area contributed by atoms with Crippen molar-refractivity contribution in [1.29, 1.82) is 0 Å². The van der Waals surface area contributed by atoms with Crippen LogP contribution in [0, 0.1) is 0 Å². The van der Waals surface area contributed by atoms with Crippen molar-refractivity contribution in [2.24, 2.45) is 11.5 Å². The average molecular weight is 462 g/mol. The van der Waals surface area contributed by atoms with Crippen molar-refractivity contribution < 1.29 is 29.1 Å². The van der Waals surface area contributed by atoms with Crippen LogP contribution >= 0.6 is 0 Å². The van der Waals surface area contributed by atoms with Gasteiger partial charge in [-0.15, -0.1) is 0 Å². The van der Waals surface area contributed by atoms with E-state index in [-0.39, 0.29) is 25.8 Å². The average Bonchev–Trinajstić information content (AvgIpc) is 3.26. The number of nitrogens with one attached hydrogen (secondary N) is 2. The Morgan fingerprint density at radius 1 is 1.09 bits per heavy atom. The number of carbonyl (C=O) groups excluding carboxylic acids is 4. The van der Waals surface area contributed by atoms with Gasteiger partial charge in [-0.25, -0.2) is 4.79 Å². The molecular formula is C22H31N5O6. The Hall–Kier alpha value is -3.47. The highest BCUT2D eigenvalue weighted by Gasteiger charge is 2.38. The van der Waals surface area contributed by atoms with E-state index < -0.39 is 53.8 Å². The van der Waals surface area contributed by atoms with Crippen LogP contribution < -0.4 is 22.1 Å². The van der Waals surface area contributed by atoms with Crippen molar-refractivity contribution in [2.75, 3.05) is 6.54 Å². The first-order valence-electron chi connectivity index (χ1n) is 10.8. The number of carboxylic acid groups (broad SMARTS) is 1. The van der Waals surface area contributed by atoms with Gasteiger partial charge in [0.2, 0.25) is 23.6 Å². The van der Waals surface area contributed by atoms with E-state index in [0.717, 1.165) is 5.56 Å². The Kier molecular flexibility index (Phi) is 9.34. The van der Waals surface area contributed by atoms with Gasteiger partial charge in [0.1, 0.15) is 18.1 Å². The Morgan fingerprint density at radius 3 is 2.30 bits per heavy atom. The number of nitrogens with two attached hydrogens (primary N) is 2. The molecule has 0 aliphatic carbocycles. The van der Waals surface area contributed by atoms with E-state index in [0.29, 0.717) is 12.8 Å². The molecule has 1 fully saturated rings. The third-order valence-electron chi connectivity index (χ3n) is 5.44. The number of rotatable bonds is 11. The van der Waals surface area contributed by atoms with Crippen molar-refractivity contribution in [3.63, 3.8) is 0 Å². The lowest BCUT2D eigenvalue weighted by molar-refractivity contribution is -0.149. The maximum atomic E-state index is 13.3. The van der Waals surface area contributed by atoms with Gasteiger partial charge < -0.3 is 32.1 Å². The molecule has 0 saturated carbocycles. The van der Waals surface area contributed by atoms with E-state index in [1.165, 1.54) is 11.8 Å². The smallest absolute Gasteiger partial charge is 0.326 e. The molecule has 11 nitrogen and oxygen atoms in total. The van der Waals surface area contributed by atoms with Crippen molar-refractivity contribution in [3.8, 4) is 0 Å². The number of benzene rings is 1. The molecule has 33 heavy (non-hydrogen) atoms. The molecule has 1 aromatic carbocycles. The van der Waals surface area contributed by atoms with Gasteiger partial charge in [-0.1, -0.05) is 30.3 Å². The Morgan fingerprint density at radius 2 is 1.73 bits per heavy atom. The number of hydrogen-bond donors (Lipinski definition) is 5. The van der Waals surface area contributed by atoms with Gasteiger partial charge in [-0.2, -0.15) is 0 Å². The summed E-state index contributed by atoms with van der Waals surface area (Å²) in [5.41, 5.74) is 11.5. The molecule has 180 valence electrons. The van der Waals surface area contributed by atoms with Crippen LogP contribution in [0.25, 0.3) is 0 Å². The van der Waals surface area contributed by atoms with E-state index in [2.05, 4.69) is 10.6 Å². The molecular weight excluding hydrogens is 430 g/mol. The van der Waals surface area contributed by atoms with Crippen LogP contribution in [0.3, 0.4) is 0 Å². The monoisotopic (exact) mass is 461 g/mol. The zero-order valence-corrected chi connectivity index (χ0v) is 18.5. The third-order valence-corrected chi connectivity index (χ3v) is 5.44. The topological polar surface area (TPSA) is 185 Å². The molecule has 0 spiro atoms.